The van der Waals surface area contributed by atoms with Gasteiger partial charge in [0, 0.05) is 37.4 Å². The van der Waals surface area contributed by atoms with Crippen molar-refractivity contribution in [2.75, 3.05) is 19.3 Å². The number of hydrogen-bond donors (Lipinski definition) is 0. The van der Waals surface area contributed by atoms with Crippen molar-refractivity contribution >= 4 is 10.0 Å². The summed E-state index contributed by atoms with van der Waals surface area (Å²) in [6, 6.07) is 6.59. The zero-order chi connectivity index (χ0) is 14.3. The van der Waals surface area contributed by atoms with Crippen molar-refractivity contribution < 1.29 is 8.42 Å². The van der Waals surface area contributed by atoms with Gasteiger partial charge in [-0.1, -0.05) is 6.07 Å². The maximum Gasteiger partial charge on any atom is 0.211 e. The molecule has 3 heterocycles. The second kappa shape index (κ2) is 5.09. The van der Waals surface area contributed by atoms with Crippen LogP contribution in [0.3, 0.4) is 0 Å². The Morgan fingerprint density at radius 3 is 2.70 bits per heavy atom. The molecule has 2 fully saturated rings. The van der Waals surface area contributed by atoms with Gasteiger partial charge in [-0.05, 0) is 31.9 Å². The molecule has 2 aliphatic heterocycles. The molecular formula is C14H21N3O2S. The van der Waals surface area contributed by atoms with E-state index in [1.165, 1.54) is 6.26 Å². The lowest BCUT2D eigenvalue weighted by atomic mass is 10.1. The molecule has 1 aromatic heterocycles. The maximum atomic E-state index is 11.8. The monoisotopic (exact) mass is 295 g/mol. The van der Waals surface area contributed by atoms with Crippen molar-refractivity contribution in [1.29, 1.82) is 0 Å². The van der Waals surface area contributed by atoms with Crippen LogP contribution < -0.4 is 0 Å². The van der Waals surface area contributed by atoms with Gasteiger partial charge in [0.25, 0.3) is 0 Å². The van der Waals surface area contributed by atoms with Gasteiger partial charge in [0.15, 0.2) is 0 Å². The molecule has 0 amide bonds. The molecule has 2 saturated heterocycles. The molecule has 0 saturated carbocycles. The van der Waals surface area contributed by atoms with Crippen molar-refractivity contribution in [2.45, 2.75) is 38.4 Å². The number of rotatable bonds is 3. The highest BCUT2D eigenvalue weighted by Gasteiger charge is 2.45. The average molecular weight is 295 g/mol. The molecule has 3 rings (SSSR count). The van der Waals surface area contributed by atoms with E-state index in [9.17, 15) is 8.42 Å². The number of nitrogens with zero attached hydrogens (tertiary/aromatic N) is 3. The lowest BCUT2D eigenvalue weighted by Crippen LogP contribution is -2.39. The molecule has 1 aromatic rings. The summed E-state index contributed by atoms with van der Waals surface area (Å²) in [6.07, 6.45) is 3.19. The molecule has 0 spiro atoms. The fourth-order valence-electron chi connectivity index (χ4n) is 3.54. The van der Waals surface area contributed by atoms with E-state index in [1.54, 1.807) is 4.31 Å². The number of aryl methyl sites for hydroxylation is 1. The lowest BCUT2D eigenvalue weighted by Gasteiger charge is -2.24. The fourth-order valence-corrected chi connectivity index (χ4v) is 4.71. The standard InChI is InChI=1S/C14H21N3O2S/c1-11-4-3-5-12(15-11)10-16-8-6-14-13(16)7-9-17(14)20(2,18)19/h3-5,13-14H,6-10H2,1-2H3/t13-,14+/m0/s1. The summed E-state index contributed by atoms with van der Waals surface area (Å²) in [5.41, 5.74) is 2.10. The Kier molecular flexibility index (Phi) is 3.56. The molecule has 5 nitrogen and oxygen atoms in total. The van der Waals surface area contributed by atoms with Gasteiger partial charge >= 0.3 is 0 Å². The van der Waals surface area contributed by atoms with E-state index in [4.69, 9.17) is 0 Å². The van der Waals surface area contributed by atoms with E-state index in [-0.39, 0.29) is 6.04 Å². The Labute approximate surface area is 120 Å². The van der Waals surface area contributed by atoms with Crippen LogP contribution in [0.15, 0.2) is 18.2 Å². The van der Waals surface area contributed by atoms with Gasteiger partial charge in [0.2, 0.25) is 10.0 Å². The first-order chi connectivity index (χ1) is 9.45. The smallest absolute Gasteiger partial charge is 0.211 e. The van der Waals surface area contributed by atoms with Gasteiger partial charge in [0.1, 0.15) is 0 Å². The van der Waals surface area contributed by atoms with Crippen LogP contribution in [-0.4, -0.2) is 54.0 Å². The molecule has 0 unspecified atom stereocenters. The molecular weight excluding hydrogens is 274 g/mol. The lowest BCUT2D eigenvalue weighted by molar-refractivity contribution is 0.237. The minimum atomic E-state index is -3.07. The van der Waals surface area contributed by atoms with Crippen LogP contribution in [0.5, 0.6) is 0 Å². The summed E-state index contributed by atoms with van der Waals surface area (Å²) < 4.78 is 25.2. The summed E-state index contributed by atoms with van der Waals surface area (Å²) in [4.78, 5) is 6.93. The summed E-state index contributed by atoms with van der Waals surface area (Å²) in [7, 11) is -3.07. The normalized spacial score (nSPS) is 27.9. The van der Waals surface area contributed by atoms with Crippen LogP contribution in [0.25, 0.3) is 0 Å². The Bertz CT molecular complexity index is 602. The molecule has 110 valence electrons. The van der Waals surface area contributed by atoms with E-state index in [0.29, 0.717) is 12.6 Å². The van der Waals surface area contributed by atoms with Crippen LogP contribution in [0, 0.1) is 6.92 Å². The predicted octanol–water partition coefficient (Wildman–Crippen LogP) is 0.998. The molecule has 6 heteroatoms. The van der Waals surface area contributed by atoms with Crippen LogP contribution in [0.2, 0.25) is 0 Å². The Balaban J connectivity index is 1.73. The number of sulfonamides is 1. The van der Waals surface area contributed by atoms with Crippen molar-refractivity contribution in [3.8, 4) is 0 Å². The first-order valence-corrected chi connectivity index (χ1v) is 8.93. The topological polar surface area (TPSA) is 53.5 Å². The second-order valence-corrected chi connectivity index (χ2v) is 7.76. The molecule has 0 N–H and O–H groups in total. The zero-order valence-electron chi connectivity index (χ0n) is 12.0. The predicted molar refractivity (Wildman–Crippen MR) is 77.7 cm³/mol. The van der Waals surface area contributed by atoms with Crippen LogP contribution in [0.1, 0.15) is 24.2 Å². The second-order valence-electron chi connectivity index (χ2n) is 5.83. The average Bonchev–Trinajstić information content (AvgIpc) is 2.91. The molecule has 2 aliphatic rings. The Hall–Kier alpha value is -0.980. The molecule has 0 aliphatic carbocycles. The van der Waals surface area contributed by atoms with Crippen molar-refractivity contribution in [2.24, 2.45) is 0 Å². The van der Waals surface area contributed by atoms with Crippen molar-refractivity contribution in [3.05, 3.63) is 29.6 Å². The SMILES string of the molecule is Cc1cccc(CN2CC[C@@H]3[C@@H]2CCN3S(C)(=O)=O)n1. The highest BCUT2D eigenvalue weighted by molar-refractivity contribution is 7.88. The molecule has 0 bridgehead atoms. The van der Waals surface area contributed by atoms with E-state index in [2.05, 4.69) is 9.88 Å². The highest BCUT2D eigenvalue weighted by atomic mass is 32.2. The number of hydrogen-bond acceptors (Lipinski definition) is 4. The van der Waals surface area contributed by atoms with Gasteiger partial charge in [-0.15, -0.1) is 0 Å². The molecule has 20 heavy (non-hydrogen) atoms. The van der Waals surface area contributed by atoms with Gasteiger partial charge < -0.3 is 0 Å². The highest BCUT2D eigenvalue weighted by Crippen LogP contribution is 2.33. The van der Waals surface area contributed by atoms with Crippen LogP contribution in [-0.2, 0) is 16.6 Å². The third kappa shape index (κ3) is 2.60. The van der Waals surface area contributed by atoms with E-state index < -0.39 is 10.0 Å². The number of aromatic nitrogens is 1. The number of pyridine rings is 1. The summed E-state index contributed by atoms with van der Waals surface area (Å²) in [5.74, 6) is 0. The third-order valence-electron chi connectivity index (χ3n) is 4.38. The minimum absolute atomic E-state index is 0.162. The third-order valence-corrected chi connectivity index (χ3v) is 5.68. The number of fused-ring (bicyclic) bond motifs is 1. The maximum absolute atomic E-state index is 11.8. The first-order valence-electron chi connectivity index (χ1n) is 7.08. The molecule has 0 radical (unpaired) electrons. The van der Waals surface area contributed by atoms with Crippen molar-refractivity contribution in [1.82, 2.24) is 14.2 Å². The van der Waals surface area contributed by atoms with E-state index >= 15 is 0 Å². The summed E-state index contributed by atoms with van der Waals surface area (Å²) in [5, 5.41) is 0. The molecule has 0 aromatic carbocycles. The van der Waals surface area contributed by atoms with Gasteiger partial charge in [-0.25, -0.2) is 8.42 Å². The van der Waals surface area contributed by atoms with Gasteiger partial charge in [-0.3, -0.25) is 9.88 Å². The number of likely N-dealkylation sites (tertiary alicyclic amines) is 1. The Morgan fingerprint density at radius 1 is 1.25 bits per heavy atom. The van der Waals surface area contributed by atoms with E-state index in [0.717, 1.165) is 37.3 Å². The summed E-state index contributed by atoms with van der Waals surface area (Å²) >= 11 is 0. The van der Waals surface area contributed by atoms with Gasteiger partial charge in [-0.2, -0.15) is 4.31 Å². The van der Waals surface area contributed by atoms with Crippen molar-refractivity contribution in [3.63, 3.8) is 0 Å². The van der Waals surface area contributed by atoms with E-state index in [1.807, 2.05) is 25.1 Å². The molecule has 2 atom stereocenters. The summed E-state index contributed by atoms with van der Waals surface area (Å²) in [6.45, 7) is 4.43. The van der Waals surface area contributed by atoms with Crippen LogP contribution >= 0.6 is 0 Å². The Morgan fingerprint density at radius 2 is 2.00 bits per heavy atom. The zero-order valence-corrected chi connectivity index (χ0v) is 12.8. The van der Waals surface area contributed by atoms with Crippen LogP contribution in [0.4, 0.5) is 0 Å². The quantitative estimate of drug-likeness (QED) is 0.835. The largest absolute Gasteiger partial charge is 0.293 e. The first kappa shape index (κ1) is 14.0. The van der Waals surface area contributed by atoms with Gasteiger partial charge in [0.05, 0.1) is 11.9 Å². The minimum Gasteiger partial charge on any atom is -0.293 e. The fraction of sp³-hybridized carbons (Fsp3) is 0.643.